The molecule has 0 aliphatic carbocycles. The number of pyridine rings is 1. The molecule has 0 saturated carbocycles. The second-order valence-corrected chi connectivity index (χ2v) is 5.91. The number of esters is 1. The van der Waals surface area contributed by atoms with Crippen LogP contribution in [0.3, 0.4) is 0 Å². The topological polar surface area (TPSA) is 44.1 Å². The molecule has 0 fully saturated rings. The van der Waals surface area contributed by atoms with Crippen molar-refractivity contribution in [1.29, 1.82) is 0 Å². The maximum atomic E-state index is 12.3. The molecule has 4 rings (SSSR count). The summed E-state index contributed by atoms with van der Waals surface area (Å²) in [7, 11) is 2.03. The fourth-order valence-corrected chi connectivity index (χ4v) is 3.30. The van der Waals surface area contributed by atoms with Gasteiger partial charge in [-0.3, -0.25) is 0 Å². The van der Waals surface area contributed by atoms with Crippen molar-refractivity contribution in [2.45, 2.75) is 6.92 Å². The molecule has 0 unspecified atom stereocenters. The first-order chi connectivity index (χ1) is 12.2. The number of fused-ring (bicyclic) bond motifs is 3. The molecule has 0 aliphatic heterocycles. The Balaban J connectivity index is 2.12. The number of hydrogen-bond donors (Lipinski definition) is 0. The lowest BCUT2D eigenvalue weighted by molar-refractivity contribution is 0.0520. The smallest absolute Gasteiger partial charge is 0.356 e. The van der Waals surface area contributed by atoms with Crippen molar-refractivity contribution in [3.8, 4) is 11.1 Å². The third kappa shape index (κ3) is 2.47. The summed E-state index contributed by atoms with van der Waals surface area (Å²) in [6, 6.07) is 20.0. The molecule has 0 amide bonds. The Morgan fingerprint density at radius 2 is 1.80 bits per heavy atom. The number of aryl methyl sites for hydroxylation is 1. The van der Waals surface area contributed by atoms with Gasteiger partial charge < -0.3 is 9.30 Å². The van der Waals surface area contributed by atoms with Crippen LogP contribution in [0, 0.1) is 0 Å². The SMILES string of the molecule is CCOC(=O)c1cc(-c2ccccc2)c2c(n1)c1ccccc1n2C. The highest BCUT2D eigenvalue weighted by Gasteiger charge is 2.19. The van der Waals surface area contributed by atoms with Crippen LogP contribution in [0.25, 0.3) is 33.1 Å². The zero-order valence-electron chi connectivity index (χ0n) is 14.2. The summed E-state index contributed by atoms with van der Waals surface area (Å²) in [5, 5.41) is 1.03. The van der Waals surface area contributed by atoms with Gasteiger partial charge >= 0.3 is 5.97 Å². The van der Waals surface area contributed by atoms with E-state index in [9.17, 15) is 4.79 Å². The van der Waals surface area contributed by atoms with Gasteiger partial charge in [-0.2, -0.15) is 0 Å². The zero-order valence-corrected chi connectivity index (χ0v) is 14.2. The van der Waals surface area contributed by atoms with Gasteiger partial charge in [0.2, 0.25) is 0 Å². The average Bonchev–Trinajstić information content (AvgIpc) is 2.95. The van der Waals surface area contributed by atoms with Crippen LogP contribution in [-0.4, -0.2) is 22.1 Å². The Kier molecular flexibility index (Phi) is 3.73. The Bertz CT molecular complexity index is 1080. The second-order valence-electron chi connectivity index (χ2n) is 5.91. The largest absolute Gasteiger partial charge is 0.461 e. The van der Waals surface area contributed by atoms with Gasteiger partial charge in [-0.25, -0.2) is 9.78 Å². The molecule has 0 spiro atoms. The van der Waals surface area contributed by atoms with Crippen molar-refractivity contribution in [1.82, 2.24) is 9.55 Å². The van der Waals surface area contributed by atoms with Gasteiger partial charge in [-0.05, 0) is 24.6 Å². The molecular formula is C21H18N2O2. The number of nitrogens with zero attached hydrogens (tertiary/aromatic N) is 2. The molecule has 0 aliphatic rings. The summed E-state index contributed by atoms with van der Waals surface area (Å²) >= 11 is 0. The lowest BCUT2D eigenvalue weighted by Crippen LogP contribution is -2.07. The molecule has 2 aromatic carbocycles. The van der Waals surface area contributed by atoms with E-state index in [1.54, 1.807) is 6.92 Å². The highest BCUT2D eigenvalue weighted by molar-refractivity contribution is 6.11. The second kappa shape index (κ2) is 6.06. The molecule has 0 saturated heterocycles. The molecule has 0 atom stereocenters. The van der Waals surface area contributed by atoms with Crippen LogP contribution in [0.2, 0.25) is 0 Å². The predicted molar refractivity (Wildman–Crippen MR) is 99.6 cm³/mol. The van der Waals surface area contributed by atoms with Crippen LogP contribution < -0.4 is 0 Å². The average molecular weight is 330 g/mol. The summed E-state index contributed by atoms with van der Waals surface area (Å²) in [5.41, 5.74) is 5.29. The van der Waals surface area contributed by atoms with Crippen LogP contribution in [0.5, 0.6) is 0 Å². The standard InChI is InChI=1S/C21H18N2O2/c1-3-25-21(24)17-13-16(14-9-5-4-6-10-14)20-19(22-17)15-11-7-8-12-18(15)23(20)2/h4-13H,3H2,1-2H3. The van der Waals surface area contributed by atoms with Gasteiger partial charge in [0.05, 0.1) is 23.2 Å². The van der Waals surface area contributed by atoms with Crippen LogP contribution in [0.4, 0.5) is 0 Å². The minimum Gasteiger partial charge on any atom is -0.461 e. The van der Waals surface area contributed by atoms with E-state index in [1.165, 1.54) is 0 Å². The van der Waals surface area contributed by atoms with Gasteiger partial charge in [0.25, 0.3) is 0 Å². The molecular weight excluding hydrogens is 312 g/mol. The molecule has 4 aromatic rings. The monoisotopic (exact) mass is 330 g/mol. The normalized spacial score (nSPS) is 11.1. The van der Waals surface area contributed by atoms with Gasteiger partial charge in [0, 0.05) is 18.0 Å². The summed E-state index contributed by atoms with van der Waals surface area (Å²) in [6.45, 7) is 2.13. The van der Waals surface area contributed by atoms with Crippen LogP contribution in [0.1, 0.15) is 17.4 Å². The number of ether oxygens (including phenoxy) is 1. The van der Waals surface area contributed by atoms with Crippen molar-refractivity contribution in [2.75, 3.05) is 6.61 Å². The molecule has 0 radical (unpaired) electrons. The minimum atomic E-state index is -0.394. The summed E-state index contributed by atoms with van der Waals surface area (Å²) in [6.07, 6.45) is 0. The molecule has 0 bridgehead atoms. The quantitative estimate of drug-likeness (QED) is 0.517. The first-order valence-corrected chi connectivity index (χ1v) is 8.31. The van der Waals surface area contributed by atoms with E-state index in [0.29, 0.717) is 12.3 Å². The minimum absolute atomic E-state index is 0.328. The first-order valence-electron chi connectivity index (χ1n) is 8.31. The number of rotatable bonds is 3. The zero-order chi connectivity index (χ0) is 17.4. The fourth-order valence-electron chi connectivity index (χ4n) is 3.30. The summed E-state index contributed by atoms with van der Waals surface area (Å²) < 4.78 is 7.31. The van der Waals surface area contributed by atoms with Crippen molar-refractivity contribution < 1.29 is 9.53 Å². The van der Waals surface area contributed by atoms with E-state index in [2.05, 4.69) is 15.6 Å². The highest BCUT2D eigenvalue weighted by atomic mass is 16.5. The lowest BCUT2D eigenvalue weighted by atomic mass is 10.0. The fraction of sp³-hybridized carbons (Fsp3) is 0.143. The Labute approximate surface area is 145 Å². The van der Waals surface area contributed by atoms with E-state index >= 15 is 0 Å². The number of para-hydroxylation sites is 1. The van der Waals surface area contributed by atoms with E-state index < -0.39 is 5.97 Å². The van der Waals surface area contributed by atoms with Gasteiger partial charge in [-0.1, -0.05) is 48.5 Å². The number of carbonyl (C=O) groups excluding carboxylic acids is 1. The predicted octanol–water partition coefficient (Wildman–Crippen LogP) is 4.57. The molecule has 4 heteroatoms. The summed E-state index contributed by atoms with van der Waals surface area (Å²) in [4.78, 5) is 17.0. The van der Waals surface area contributed by atoms with E-state index in [0.717, 1.165) is 33.1 Å². The van der Waals surface area contributed by atoms with Gasteiger partial charge in [-0.15, -0.1) is 0 Å². The maximum Gasteiger partial charge on any atom is 0.356 e. The van der Waals surface area contributed by atoms with Crippen LogP contribution in [0.15, 0.2) is 60.7 Å². The molecule has 4 nitrogen and oxygen atoms in total. The third-order valence-corrected chi connectivity index (χ3v) is 4.42. The molecule has 2 heterocycles. The van der Waals surface area contributed by atoms with Crippen molar-refractivity contribution >= 4 is 27.9 Å². The van der Waals surface area contributed by atoms with Crippen molar-refractivity contribution in [3.05, 3.63) is 66.4 Å². The van der Waals surface area contributed by atoms with E-state index in [-0.39, 0.29) is 0 Å². The van der Waals surface area contributed by atoms with Crippen molar-refractivity contribution in [2.24, 2.45) is 7.05 Å². The van der Waals surface area contributed by atoms with Crippen LogP contribution >= 0.6 is 0 Å². The number of aromatic nitrogens is 2. The van der Waals surface area contributed by atoms with Gasteiger partial charge in [0.1, 0.15) is 5.69 Å². The first kappa shape index (κ1) is 15.4. The highest BCUT2D eigenvalue weighted by Crippen LogP contribution is 2.34. The number of carbonyl (C=O) groups is 1. The third-order valence-electron chi connectivity index (χ3n) is 4.42. The molecule has 124 valence electrons. The van der Waals surface area contributed by atoms with E-state index in [4.69, 9.17) is 4.74 Å². The Morgan fingerprint density at radius 3 is 2.56 bits per heavy atom. The van der Waals surface area contributed by atoms with Gasteiger partial charge in [0.15, 0.2) is 0 Å². The summed E-state index contributed by atoms with van der Waals surface area (Å²) in [5.74, 6) is -0.394. The van der Waals surface area contributed by atoms with E-state index in [1.807, 2.05) is 61.6 Å². The molecule has 25 heavy (non-hydrogen) atoms. The number of hydrogen-bond acceptors (Lipinski definition) is 3. The Morgan fingerprint density at radius 1 is 1.08 bits per heavy atom. The lowest BCUT2D eigenvalue weighted by Gasteiger charge is -2.09. The molecule has 2 aromatic heterocycles. The van der Waals surface area contributed by atoms with Crippen molar-refractivity contribution in [3.63, 3.8) is 0 Å². The number of benzene rings is 2. The Hall–Kier alpha value is -3.14. The maximum absolute atomic E-state index is 12.3. The van der Waals surface area contributed by atoms with Crippen LogP contribution in [-0.2, 0) is 11.8 Å². The molecule has 0 N–H and O–H groups in total.